The third-order valence-electron chi connectivity index (χ3n) is 7.26. The largest absolute Gasteiger partial charge is 0.492 e. The summed E-state index contributed by atoms with van der Waals surface area (Å²) < 4.78 is 81.8. The standard InChI is InChI=1S/C27H25F6N5OS/c1-37-9-7-19(8-10-37)38(2)25-35-24(39)23(40-25)20(15-4-6-22-17(11-15)14-34-36-22)12-16-3-5-18(26(28,29)30)13-21(16)27(31,32)33/h3-6,11,13-14,19,39H,7-10,12H2,1-2H3. The van der Waals surface area contributed by atoms with Gasteiger partial charge in [-0.25, -0.2) is 0 Å². The van der Waals surface area contributed by atoms with E-state index in [2.05, 4.69) is 20.1 Å². The zero-order valence-electron chi connectivity index (χ0n) is 21.5. The van der Waals surface area contributed by atoms with Crippen LogP contribution in [-0.2, 0) is 18.8 Å². The minimum atomic E-state index is -5.03. The van der Waals surface area contributed by atoms with Crippen LogP contribution < -0.4 is 15.5 Å². The summed E-state index contributed by atoms with van der Waals surface area (Å²) in [6.45, 7) is 1.79. The Kier molecular flexibility index (Phi) is 7.38. The molecule has 2 aromatic carbocycles. The Morgan fingerprint density at radius 3 is 2.45 bits per heavy atom. The van der Waals surface area contributed by atoms with Crippen molar-refractivity contribution in [3.8, 4) is 5.88 Å². The normalized spacial score (nSPS) is 17.1. The molecule has 0 radical (unpaired) electrons. The van der Waals surface area contributed by atoms with Gasteiger partial charge in [0, 0.05) is 25.1 Å². The second-order valence-electron chi connectivity index (χ2n) is 9.94. The lowest BCUT2D eigenvalue weighted by Crippen LogP contribution is -2.41. The van der Waals surface area contributed by atoms with Gasteiger partial charge in [-0.3, -0.25) is 0 Å². The smallest absolute Gasteiger partial charge is 0.416 e. The van der Waals surface area contributed by atoms with Gasteiger partial charge in [0.2, 0.25) is 5.88 Å². The first-order chi connectivity index (χ1) is 18.8. The van der Waals surface area contributed by atoms with Gasteiger partial charge in [-0.2, -0.15) is 41.5 Å². The molecule has 1 aromatic heterocycles. The monoisotopic (exact) mass is 581 g/mol. The van der Waals surface area contributed by atoms with Crippen LogP contribution in [-0.4, -0.2) is 54.4 Å². The van der Waals surface area contributed by atoms with Crippen molar-refractivity contribution in [3.63, 3.8) is 0 Å². The Bertz CT molecular complexity index is 1570. The van der Waals surface area contributed by atoms with Crippen molar-refractivity contribution in [3.05, 3.63) is 74.1 Å². The van der Waals surface area contributed by atoms with Crippen molar-refractivity contribution >= 4 is 28.3 Å². The van der Waals surface area contributed by atoms with Crippen LogP contribution in [0.3, 0.4) is 0 Å². The van der Waals surface area contributed by atoms with Crippen molar-refractivity contribution in [2.24, 2.45) is 10.2 Å². The van der Waals surface area contributed by atoms with Gasteiger partial charge < -0.3 is 14.9 Å². The predicted molar refractivity (Wildman–Crippen MR) is 140 cm³/mol. The van der Waals surface area contributed by atoms with Gasteiger partial charge in [-0.05, 0) is 73.6 Å². The molecule has 0 aliphatic carbocycles. The number of fused-ring (bicyclic) bond motifs is 1. The first-order valence-corrected chi connectivity index (χ1v) is 13.3. The highest BCUT2D eigenvalue weighted by Gasteiger charge is 2.38. The number of halogens is 6. The van der Waals surface area contributed by atoms with Gasteiger partial charge in [0.25, 0.3) is 0 Å². The van der Waals surface area contributed by atoms with E-state index < -0.39 is 29.9 Å². The van der Waals surface area contributed by atoms with Crippen LogP contribution in [0.15, 0.2) is 46.6 Å². The maximum atomic E-state index is 14.0. The Morgan fingerprint density at radius 1 is 1.05 bits per heavy atom. The van der Waals surface area contributed by atoms with Crippen molar-refractivity contribution in [2.45, 2.75) is 37.7 Å². The van der Waals surface area contributed by atoms with E-state index in [-0.39, 0.29) is 28.4 Å². The third kappa shape index (κ3) is 5.71. The lowest BCUT2D eigenvalue weighted by atomic mass is 9.94. The van der Waals surface area contributed by atoms with Gasteiger partial charge in [-0.1, -0.05) is 23.5 Å². The Hall–Kier alpha value is -3.45. The molecule has 0 saturated carbocycles. The molecule has 2 aliphatic rings. The molecule has 3 aromatic rings. The highest BCUT2D eigenvalue weighted by molar-refractivity contribution is 7.17. The summed E-state index contributed by atoms with van der Waals surface area (Å²) in [5.74, 6) is -0.353. The minimum absolute atomic E-state index is 0.132. The minimum Gasteiger partial charge on any atom is -0.492 e. The Morgan fingerprint density at radius 2 is 1.77 bits per heavy atom. The molecule has 0 bridgehead atoms. The number of thiazole rings is 1. The molecule has 0 unspecified atom stereocenters. The maximum absolute atomic E-state index is 14.0. The van der Waals surface area contributed by atoms with Gasteiger partial charge in [0.05, 0.1) is 27.6 Å². The molecule has 0 spiro atoms. The quantitative estimate of drug-likeness (QED) is 0.439. The number of nitrogens with zero attached hydrogens (tertiary/aromatic N) is 5. The number of piperidine rings is 1. The summed E-state index contributed by atoms with van der Waals surface area (Å²) >= 11 is 1.13. The fourth-order valence-corrected chi connectivity index (χ4v) is 6.01. The van der Waals surface area contributed by atoms with Crippen molar-refractivity contribution < 1.29 is 31.4 Å². The molecule has 40 heavy (non-hydrogen) atoms. The van der Waals surface area contributed by atoms with E-state index in [4.69, 9.17) is 0 Å². The van der Waals surface area contributed by atoms with Crippen LogP contribution in [0.1, 0.15) is 40.0 Å². The molecule has 0 amide bonds. The van der Waals surface area contributed by atoms with E-state index in [1.165, 1.54) is 6.21 Å². The average Bonchev–Trinajstić information content (AvgIpc) is 3.52. The number of anilines is 1. The zero-order chi connectivity index (χ0) is 28.8. The molecule has 1 fully saturated rings. The molecule has 212 valence electrons. The zero-order valence-corrected chi connectivity index (χ0v) is 22.3. The summed E-state index contributed by atoms with van der Waals surface area (Å²) in [4.78, 5) is 8.76. The fourth-order valence-electron chi connectivity index (χ4n) is 4.95. The molecular weight excluding hydrogens is 556 g/mol. The highest BCUT2D eigenvalue weighted by atomic mass is 32.1. The number of aromatic hydroxyl groups is 1. The molecule has 6 nitrogen and oxygen atoms in total. The second kappa shape index (κ2) is 10.5. The van der Waals surface area contributed by atoms with Crippen LogP contribution in [0.25, 0.3) is 5.57 Å². The number of aromatic nitrogens is 1. The van der Waals surface area contributed by atoms with Gasteiger partial charge >= 0.3 is 12.4 Å². The van der Waals surface area contributed by atoms with E-state index in [0.717, 1.165) is 43.3 Å². The van der Waals surface area contributed by atoms with E-state index in [9.17, 15) is 31.4 Å². The van der Waals surface area contributed by atoms with Gasteiger partial charge in [0.1, 0.15) is 0 Å². The van der Waals surface area contributed by atoms with E-state index in [1.807, 2.05) is 19.0 Å². The summed E-state index contributed by atoms with van der Waals surface area (Å²) in [5.41, 5.74) is -2.20. The third-order valence-corrected chi connectivity index (χ3v) is 8.45. The van der Waals surface area contributed by atoms with Gasteiger partial charge in [-0.15, -0.1) is 0 Å². The lowest BCUT2D eigenvalue weighted by molar-refractivity contribution is -0.143. The number of hydrogen-bond donors (Lipinski definition) is 1. The number of alkyl halides is 6. The number of hydrogen-bond acceptors (Lipinski definition) is 7. The van der Waals surface area contributed by atoms with E-state index in [0.29, 0.717) is 32.9 Å². The predicted octanol–water partition coefficient (Wildman–Crippen LogP) is 4.83. The summed E-state index contributed by atoms with van der Waals surface area (Å²) in [5, 5.41) is 20.3. The Labute approximate surface area is 229 Å². The van der Waals surface area contributed by atoms with E-state index in [1.54, 1.807) is 18.2 Å². The molecule has 5 rings (SSSR count). The molecule has 0 atom stereocenters. The van der Waals surface area contributed by atoms with Crippen LogP contribution in [0.4, 0.5) is 31.5 Å². The SMILES string of the molecule is CN1CCC(N(C)c2nc(O)c(C(Cc3ccc(C(F)(F)F)cc3C(F)(F)F)=c3ccc4c(c3)C=NN=4)s2)CC1. The average molecular weight is 582 g/mol. The number of rotatable bonds is 5. The van der Waals surface area contributed by atoms with Crippen molar-refractivity contribution in [1.82, 2.24) is 9.88 Å². The second-order valence-corrected chi connectivity index (χ2v) is 10.9. The van der Waals surface area contributed by atoms with Crippen LogP contribution in [0.5, 0.6) is 5.88 Å². The highest BCUT2D eigenvalue weighted by Crippen LogP contribution is 2.41. The van der Waals surface area contributed by atoms with E-state index >= 15 is 0 Å². The summed E-state index contributed by atoms with van der Waals surface area (Å²) in [7, 11) is 3.90. The van der Waals surface area contributed by atoms with Crippen molar-refractivity contribution in [1.29, 1.82) is 0 Å². The topological polar surface area (TPSA) is 64.3 Å². The molecule has 3 heterocycles. The summed E-state index contributed by atoms with van der Waals surface area (Å²) in [6.07, 6.45) is -7.09. The first-order valence-electron chi connectivity index (χ1n) is 12.4. The molecule has 13 heteroatoms. The molecule has 1 N–H and O–H groups in total. The van der Waals surface area contributed by atoms with Crippen LogP contribution in [0, 0.1) is 0 Å². The number of benzene rings is 2. The van der Waals surface area contributed by atoms with Crippen LogP contribution in [0.2, 0.25) is 0 Å². The Balaban J connectivity index is 1.63. The fraction of sp³-hybridized carbons (Fsp3) is 0.370. The molecular formula is C27H25F6N5OS. The van der Waals surface area contributed by atoms with Gasteiger partial charge in [0.15, 0.2) is 5.13 Å². The number of likely N-dealkylation sites (tertiary alicyclic amines) is 1. The molecule has 1 saturated heterocycles. The molecule has 2 aliphatic heterocycles. The lowest BCUT2D eigenvalue weighted by Gasteiger charge is -2.34. The van der Waals surface area contributed by atoms with Crippen molar-refractivity contribution in [2.75, 3.05) is 32.1 Å². The first kappa shape index (κ1) is 28.1. The maximum Gasteiger partial charge on any atom is 0.416 e. The summed E-state index contributed by atoms with van der Waals surface area (Å²) in [6, 6.07) is 6.76. The van der Waals surface area contributed by atoms with Crippen LogP contribution >= 0.6 is 11.3 Å².